The fraction of sp³-hybridized carbons (Fsp3) is 0.432. The zero-order valence-corrected chi connectivity index (χ0v) is 26.3. The Morgan fingerprint density at radius 2 is 1.47 bits per heavy atom. The third-order valence-corrected chi connectivity index (χ3v) is 9.25. The second-order valence-electron chi connectivity index (χ2n) is 12.3. The summed E-state index contributed by atoms with van der Waals surface area (Å²) in [5.74, 6) is -0.0591. The van der Waals surface area contributed by atoms with Crippen LogP contribution in [-0.2, 0) is 33.8 Å². The summed E-state index contributed by atoms with van der Waals surface area (Å²) in [5.41, 5.74) is 2.61. The molecule has 0 radical (unpaired) electrons. The van der Waals surface area contributed by atoms with Gasteiger partial charge in [0.1, 0.15) is 18.2 Å². The molecule has 8 heteroatoms. The predicted octanol–water partition coefficient (Wildman–Crippen LogP) is 5.12. The number of amides is 3. The highest BCUT2D eigenvalue weighted by Crippen LogP contribution is 2.36. The quantitative estimate of drug-likeness (QED) is 0.262. The Balaban J connectivity index is 1.19. The molecule has 2 atom stereocenters. The van der Waals surface area contributed by atoms with Gasteiger partial charge < -0.3 is 25.2 Å². The molecule has 2 N–H and O–H groups in total. The van der Waals surface area contributed by atoms with Crippen molar-refractivity contribution < 1.29 is 19.1 Å². The lowest BCUT2D eigenvalue weighted by molar-refractivity contribution is -0.165. The van der Waals surface area contributed by atoms with Gasteiger partial charge >= 0.3 is 6.09 Å². The number of alkyl carbamates (subject to hydrolysis) is 1. The molecule has 3 amide bonds. The van der Waals surface area contributed by atoms with Crippen molar-refractivity contribution in [3.05, 3.63) is 108 Å². The van der Waals surface area contributed by atoms with Crippen LogP contribution in [0.1, 0.15) is 55.7 Å². The molecule has 1 unspecified atom stereocenters. The molecule has 5 rings (SSSR count). The monoisotopic (exact) mass is 610 g/mol. The van der Waals surface area contributed by atoms with Crippen LogP contribution in [0.5, 0.6) is 0 Å². The van der Waals surface area contributed by atoms with Gasteiger partial charge in [-0.2, -0.15) is 0 Å². The van der Waals surface area contributed by atoms with E-state index in [1.165, 1.54) is 11.1 Å². The van der Waals surface area contributed by atoms with Gasteiger partial charge in [0, 0.05) is 32.2 Å². The Kier molecular flexibility index (Phi) is 11.3. The maximum Gasteiger partial charge on any atom is 0.407 e. The van der Waals surface area contributed by atoms with E-state index < -0.39 is 17.7 Å². The molecule has 2 fully saturated rings. The van der Waals surface area contributed by atoms with Crippen LogP contribution in [0.15, 0.2) is 91.0 Å². The number of ether oxygens (including phenoxy) is 1. The van der Waals surface area contributed by atoms with Crippen LogP contribution >= 0.6 is 0 Å². The Labute approximate surface area is 267 Å². The third-order valence-electron chi connectivity index (χ3n) is 9.25. The van der Waals surface area contributed by atoms with Crippen molar-refractivity contribution in [3.63, 3.8) is 0 Å². The van der Waals surface area contributed by atoms with Crippen molar-refractivity contribution in [1.82, 2.24) is 20.4 Å². The minimum absolute atomic E-state index is 0.0143. The van der Waals surface area contributed by atoms with Crippen molar-refractivity contribution in [1.29, 1.82) is 0 Å². The first-order chi connectivity index (χ1) is 21.9. The molecule has 238 valence electrons. The van der Waals surface area contributed by atoms with E-state index in [-0.39, 0.29) is 24.5 Å². The molecule has 0 bridgehead atoms. The van der Waals surface area contributed by atoms with E-state index in [2.05, 4.69) is 58.9 Å². The maximum absolute atomic E-state index is 14.2. The molecule has 2 aliphatic heterocycles. The van der Waals surface area contributed by atoms with Crippen LogP contribution in [0, 0.1) is 0 Å². The number of piperazine rings is 1. The normalized spacial score (nSPS) is 18.8. The van der Waals surface area contributed by atoms with Gasteiger partial charge in [0.25, 0.3) is 0 Å². The summed E-state index contributed by atoms with van der Waals surface area (Å²) in [4.78, 5) is 44.7. The summed E-state index contributed by atoms with van der Waals surface area (Å²) in [7, 11) is 0. The average molecular weight is 611 g/mol. The molecule has 0 aliphatic carbocycles. The number of likely N-dealkylation sites (tertiary alicyclic amines) is 1. The molecule has 45 heavy (non-hydrogen) atoms. The fourth-order valence-corrected chi connectivity index (χ4v) is 6.64. The van der Waals surface area contributed by atoms with Gasteiger partial charge in [-0.05, 0) is 68.6 Å². The van der Waals surface area contributed by atoms with Gasteiger partial charge in [0.2, 0.25) is 11.8 Å². The molecule has 0 saturated carbocycles. The minimum atomic E-state index is -0.841. The van der Waals surface area contributed by atoms with Gasteiger partial charge in [-0.1, -0.05) is 91.0 Å². The first-order valence-corrected chi connectivity index (χ1v) is 16.3. The molecule has 2 heterocycles. The molecule has 8 nitrogen and oxygen atoms in total. The van der Waals surface area contributed by atoms with Gasteiger partial charge in [-0.25, -0.2) is 4.79 Å². The first-order valence-electron chi connectivity index (χ1n) is 16.3. The van der Waals surface area contributed by atoms with Crippen LogP contribution in [0.3, 0.4) is 0 Å². The smallest absolute Gasteiger partial charge is 0.407 e. The highest BCUT2D eigenvalue weighted by Gasteiger charge is 2.54. The van der Waals surface area contributed by atoms with Crippen LogP contribution in [0.2, 0.25) is 0 Å². The summed E-state index contributed by atoms with van der Waals surface area (Å²) in [6, 6.07) is 29.6. The number of hydrogen-bond acceptors (Lipinski definition) is 5. The highest BCUT2D eigenvalue weighted by atomic mass is 16.5. The van der Waals surface area contributed by atoms with E-state index in [4.69, 9.17) is 4.74 Å². The summed E-state index contributed by atoms with van der Waals surface area (Å²) in [6.45, 7) is 5.13. The van der Waals surface area contributed by atoms with Crippen LogP contribution in [0.25, 0.3) is 0 Å². The lowest BCUT2D eigenvalue weighted by Crippen LogP contribution is -2.74. The van der Waals surface area contributed by atoms with Crippen molar-refractivity contribution >= 4 is 17.9 Å². The topological polar surface area (TPSA) is 91.0 Å². The number of carbonyl (C=O) groups excluding carboxylic acids is 3. The fourth-order valence-electron chi connectivity index (χ4n) is 6.64. The zero-order valence-electron chi connectivity index (χ0n) is 26.3. The largest absolute Gasteiger partial charge is 0.445 e. The average Bonchev–Trinajstić information content (AvgIpc) is 3.08. The lowest BCUT2D eigenvalue weighted by atomic mass is 9.79. The maximum atomic E-state index is 14.2. The van der Waals surface area contributed by atoms with Gasteiger partial charge in [-0.3, -0.25) is 9.59 Å². The summed E-state index contributed by atoms with van der Waals surface area (Å²) in [5, 5.41) is 5.87. The summed E-state index contributed by atoms with van der Waals surface area (Å²) < 4.78 is 5.30. The van der Waals surface area contributed by atoms with Gasteiger partial charge in [0.15, 0.2) is 0 Å². The Hall–Kier alpha value is -4.17. The number of piperidine rings is 1. The highest BCUT2D eigenvalue weighted by molar-refractivity contribution is 6.00. The van der Waals surface area contributed by atoms with Crippen LogP contribution in [0.4, 0.5) is 4.79 Å². The standard InChI is InChI=1S/C37H46N4O4/c1-29(19-20-30-12-5-2-6-13-30)41-34(42)33(18-11-24-38-36(44)45-28-32-16-9-4-10-17-32)39-35(43)37(41)22-26-40(27-23-37)25-21-31-14-7-3-8-15-31/h2-10,12-17,29,33H,11,18-28H2,1H3,(H,38,44)(H,39,43)/t29?,33-/m0/s1. The number of rotatable bonds is 13. The van der Waals surface area contributed by atoms with E-state index in [0.717, 1.165) is 44.5 Å². The number of carbonyl (C=O) groups is 3. The predicted molar refractivity (Wildman–Crippen MR) is 175 cm³/mol. The SMILES string of the molecule is CC(CCc1ccccc1)N1C(=O)[C@H](CCCNC(=O)OCc2ccccc2)NC(=O)C12CCN(CCc1ccccc1)CC2. The van der Waals surface area contributed by atoms with Crippen molar-refractivity contribution in [2.24, 2.45) is 0 Å². The molecular weight excluding hydrogens is 564 g/mol. The number of benzene rings is 3. The Bertz CT molecular complexity index is 1380. The van der Waals surface area contributed by atoms with Crippen LogP contribution in [-0.4, -0.2) is 71.5 Å². The molecule has 0 aromatic heterocycles. The van der Waals surface area contributed by atoms with Crippen molar-refractivity contribution in [3.8, 4) is 0 Å². The van der Waals surface area contributed by atoms with Crippen molar-refractivity contribution in [2.75, 3.05) is 26.2 Å². The second kappa shape index (κ2) is 15.7. The summed E-state index contributed by atoms with van der Waals surface area (Å²) in [6.07, 6.45) is 4.33. The molecule has 1 spiro atoms. The second-order valence-corrected chi connectivity index (χ2v) is 12.3. The van der Waals surface area contributed by atoms with E-state index >= 15 is 0 Å². The van der Waals surface area contributed by atoms with E-state index in [9.17, 15) is 14.4 Å². The third kappa shape index (κ3) is 8.51. The van der Waals surface area contributed by atoms with E-state index in [1.54, 1.807) is 0 Å². The number of nitrogens with zero attached hydrogens (tertiary/aromatic N) is 2. The molecular formula is C37H46N4O4. The lowest BCUT2D eigenvalue weighted by Gasteiger charge is -2.54. The Morgan fingerprint density at radius 1 is 0.889 bits per heavy atom. The van der Waals surface area contributed by atoms with Gasteiger partial charge in [-0.15, -0.1) is 0 Å². The van der Waals surface area contributed by atoms with Crippen LogP contribution < -0.4 is 10.6 Å². The minimum Gasteiger partial charge on any atom is -0.445 e. The molecule has 3 aromatic carbocycles. The molecule has 3 aromatic rings. The first kappa shape index (κ1) is 32.2. The number of hydrogen-bond donors (Lipinski definition) is 2. The van der Waals surface area contributed by atoms with Crippen molar-refractivity contribution in [2.45, 2.75) is 76.1 Å². The molecule has 2 saturated heterocycles. The zero-order chi connectivity index (χ0) is 31.5. The number of nitrogens with one attached hydrogen (secondary N) is 2. The Morgan fingerprint density at radius 3 is 2.09 bits per heavy atom. The summed E-state index contributed by atoms with van der Waals surface area (Å²) >= 11 is 0. The van der Waals surface area contributed by atoms with E-state index in [1.807, 2.05) is 59.5 Å². The van der Waals surface area contributed by atoms with E-state index in [0.29, 0.717) is 32.2 Å². The number of aryl methyl sites for hydroxylation is 1. The van der Waals surface area contributed by atoms with Gasteiger partial charge in [0.05, 0.1) is 0 Å². The molecule has 2 aliphatic rings.